The van der Waals surface area contributed by atoms with E-state index >= 15 is 0 Å². The lowest BCUT2D eigenvalue weighted by Crippen LogP contribution is -2.15. The lowest BCUT2D eigenvalue weighted by molar-refractivity contribution is 0.248. The average Bonchev–Trinajstić information content (AvgIpc) is 2.85. The van der Waals surface area contributed by atoms with Crippen molar-refractivity contribution in [3.8, 4) is 17.0 Å². The molecular formula is C29H43FN2O. The van der Waals surface area contributed by atoms with Crippen LogP contribution >= 0.6 is 0 Å². The Labute approximate surface area is 200 Å². The number of ether oxygens (including phenoxy) is 1. The van der Waals surface area contributed by atoms with Crippen LogP contribution in [0.25, 0.3) is 11.3 Å². The minimum absolute atomic E-state index is 0.319. The smallest absolute Gasteiger partial charge is 0.165 e. The zero-order valence-electron chi connectivity index (χ0n) is 20.8. The summed E-state index contributed by atoms with van der Waals surface area (Å²) in [4.78, 5) is 0. The van der Waals surface area contributed by atoms with Crippen LogP contribution in [0.1, 0.15) is 103 Å². The van der Waals surface area contributed by atoms with Gasteiger partial charge in [-0.2, -0.15) is 10.2 Å². The highest BCUT2D eigenvalue weighted by molar-refractivity contribution is 5.59. The van der Waals surface area contributed by atoms with Crippen LogP contribution in [0.3, 0.4) is 0 Å². The zero-order valence-corrected chi connectivity index (χ0v) is 20.8. The molecule has 0 amide bonds. The maximum Gasteiger partial charge on any atom is 0.165 e. The van der Waals surface area contributed by atoms with E-state index in [1.807, 2.05) is 12.1 Å². The number of rotatable bonds is 14. The Morgan fingerprint density at radius 1 is 0.818 bits per heavy atom. The van der Waals surface area contributed by atoms with Gasteiger partial charge in [-0.05, 0) is 61.4 Å². The molecule has 3 nitrogen and oxygen atoms in total. The van der Waals surface area contributed by atoms with Crippen molar-refractivity contribution in [3.63, 3.8) is 0 Å². The van der Waals surface area contributed by atoms with Crippen LogP contribution < -0.4 is 4.74 Å². The van der Waals surface area contributed by atoms with E-state index in [0.29, 0.717) is 18.1 Å². The predicted octanol–water partition coefficient (Wildman–Crippen LogP) is 8.56. The Morgan fingerprint density at radius 2 is 1.55 bits per heavy atom. The quantitative estimate of drug-likeness (QED) is 0.268. The Bertz CT molecular complexity index is 800. The van der Waals surface area contributed by atoms with Gasteiger partial charge in [-0.15, -0.1) is 0 Å². The zero-order chi connectivity index (χ0) is 23.3. The molecule has 1 saturated carbocycles. The van der Waals surface area contributed by atoms with E-state index in [4.69, 9.17) is 4.74 Å². The summed E-state index contributed by atoms with van der Waals surface area (Å²) >= 11 is 0. The van der Waals surface area contributed by atoms with Gasteiger partial charge in [0, 0.05) is 5.56 Å². The van der Waals surface area contributed by atoms with Crippen molar-refractivity contribution < 1.29 is 9.13 Å². The molecule has 33 heavy (non-hydrogen) atoms. The van der Waals surface area contributed by atoms with Gasteiger partial charge in [0.05, 0.1) is 18.0 Å². The number of hydrogen-bond donors (Lipinski definition) is 0. The number of hydrogen-bond acceptors (Lipinski definition) is 3. The van der Waals surface area contributed by atoms with E-state index < -0.39 is 0 Å². The summed E-state index contributed by atoms with van der Waals surface area (Å²) < 4.78 is 20.1. The molecule has 0 unspecified atom stereocenters. The summed E-state index contributed by atoms with van der Waals surface area (Å²) in [6.07, 6.45) is 17.7. The largest absolute Gasteiger partial charge is 0.491 e. The first-order valence-corrected chi connectivity index (χ1v) is 13.4. The van der Waals surface area contributed by atoms with Gasteiger partial charge in [0.2, 0.25) is 0 Å². The lowest BCUT2D eigenvalue weighted by atomic mass is 9.78. The number of nitrogens with zero attached hydrogens (tertiary/aromatic N) is 2. The maximum atomic E-state index is 14.5. The fourth-order valence-corrected chi connectivity index (χ4v) is 4.98. The fraction of sp³-hybridized carbons (Fsp3) is 0.655. The minimum atomic E-state index is -0.334. The van der Waals surface area contributed by atoms with Crippen LogP contribution in [-0.2, 0) is 6.42 Å². The van der Waals surface area contributed by atoms with Gasteiger partial charge in [0.1, 0.15) is 0 Å². The Balaban J connectivity index is 1.42. The second-order valence-corrected chi connectivity index (χ2v) is 9.89. The van der Waals surface area contributed by atoms with E-state index in [9.17, 15) is 4.39 Å². The molecule has 0 spiro atoms. The normalized spacial score (nSPS) is 18.4. The number of unbranched alkanes of at least 4 members (excludes halogenated alkanes) is 5. The van der Waals surface area contributed by atoms with Crippen molar-refractivity contribution in [2.75, 3.05) is 6.61 Å². The van der Waals surface area contributed by atoms with E-state index in [2.05, 4.69) is 30.1 Å². The highest BCUT2D eigenvalue weighted by Crippen LogP contribution is 2.34. The minimum Gasteiger partial charge on any atom is -0.491 e. The van der Waals surface area contributed by atoms with Crippen molar-refractivity contribution in [3.05, 3.63) is 41.8 Å². The van der Waals surface area contributed by atoms with Crippen LogP contribution in [0.2, 0.25) is 0 Å². The molecule has 182 valence electrons. The highest BCUT2D eigenvalue weighted by Gasteiger charge is 2.20. The lowest BCUT2D eigenvalue weighted by Gasteiger charge is -2.28. The van der Waals surface area contributed by atoms with Gasteiger partial charge in [0.15, 0.2) is 11.6 Å². The first kappa shape index (κ1) is 25.6. The summed E-state index contributed by atoms with van der Waals surface area (Å²) in [6.45, 7) is 5.02. The second kappa shape index (κ2) is 14.3. The summed E-state index contributed by atoms with van der Waals surface area (Å²) in [6, 6.07) is 9.09. The third kappa shape index (κ3) is 8.72. The molecule has 2 aromatic rings. The summed E-state index contributed by atoms with van der Waals surface area (Å²) in [5.74, 6) is 1.78. The van der Waals surface area contributed by atoms with Crippen LogP contribution in [0.15, 0.2) is 30.3 Å². The number of aromatic nitrogens is 2. The molecule has 0 saturated heterocycles. The standard InChI is InChI=1S/C29H43FN2O/c1-3-5-7-9-21-33-29-20-16-25(22-27(29)30)28-19-18-26(31-32-28)17-15-24-13-11-23(12-14-24)10-8-6-4-2/h16,18-20,22-24H,3-15,17,21H2,1-2H3. The molecule has 1 aromatic carbocycles. The molecular weight excluding hydrogens is 411 g/mol. The van der Waals surface area contributed by atoms with Crippen molar-refractivity contribution in [2.45, 2.75) is 104 Å². The highest BCUT2D eigenvalue weighted by atomic mass is 19.1. The van der Waals surface area contributed by atoms with Gasteiger partial charge in [-0.3, -0.25) is 0 Å². The van der Waals surface area contributed by atoms with E-state index in [1.165, 1.54) is 76.7 Å². The van der Waals surface area contributed by atoms with Crippen molar-refractivity contribution in [1.29, 1.82) is 0 Å². The third-order valence-electron chi connectivity index (χ3n) is 7.19. The number of aryl methyl sites for hydroxylation is 1. The van der Waals surface area contributed by atoms with E-state index in [-0.39, 0.29) is 5.82 Å². The Morgan fingerprint density at radius 3 is 2.21 bits per heavy atom. The predicted molar refractivity (Wildman–Crippen MR) is 135 cm³/mol. The Hall–Kier alpha value is -1.97. The molecule has 0 radical (unpaired) electrons. The van der Waals surface area contributed by atoms with Gasteiger partial charge < -0.3 is 4.74 Å². The van der Waals surface area contributed by atoms with Gasteiger partial charge in [-0.1, -0.05) is 84.5 Å². The maximum absolute atomic E-state index is 14.5. The van der Waals surface area contributed by atoms with Gasteiger partial charge >= 0.3 is 0 Å². The van der Waals surface area contributed by atoms with Crippen molar-refractivity contribution in [1.82, 2.24) is 10.2 Å². The summed E-state index contributed by atoms with van der Waals surface area (Å²) in [5, 5.41) is 8.81. The first-order valence-electron chi connectivity index (χ1n) is 13.4. The fourth-order valence-electron chi connectivity index (χ4n) is 4.98. The van der Waals surface area contributed by atoms with Crippen LogP contribution in [0.4, 0.5) is 4.39 Å². The summed E-state index contributed by atoms with van der Waals surface area (Å²) in [7, 11) is 0. The SMILES string of the molecule is CCCCCCOc1ccc(-c2ccc(CCC3CCC(CCCCC)CC3)nn2)cc1F. The second-order valence-electron chi connectivity index (χ2n) is 9.89. The topological polar surface area (TPSA) is 35.0 Å². The average molecular weight is 455 g/mol. The molecule has 1 heterocycles. The molecule has 4 heteroatoms. The van der Waals surface area contributed by atoms with Crippen molar-refractivity contribution in [2.24, 2.45) is 11.8 Å². The van der Waals surface area contributed by atoms with E-state index in [1.54, 1.807) is 6.07 Å². The molecule has 0 aliphatic heterocycles. The van der Waals surface area contributed by atoms with Gasteiger partial charge in [0.25, 0.3) is 0 Å². The van der Waals surface area contributed by atoms with Gasteiger partial charge in [-0.25, -0.2) is 4.39 Å². The number of benzene rings is 1. The molecule has 1 aliphatic carbocycles. The summed E-state index contributed by atoms with van der Waals surface area (Å²) in [5.41, 5.74) is 2.49. The van der Waals surface area contributed by atoms with E-state index in [0.717, 1.165) is 42.4 Å². The molecule has 1 aliphatic rings. The molecule has 1 aromatic heterocycles. The third-order valence-corrected chi connectivity index (χ3v) is 7.19. The molecule has 3 rings (SSSR count). The molecule has 0 bridgehead atoms. The molecule has 0 N–H and O–H groups in total. The molecule has 1 fully saturated rings. The van der Waals surface area contributed by atoms with Crippen LogP contribution in [0.5, 0.6) is 5.75 Å². The number of halogens is 1. The first-order chi connectivity index (χ1) is 16.2. The van der Waals surface area contributed by atoms with Crippen LogP contribution in [0, 0.1) is 17.7 Å². The van der Waals surface area contributed by atoms with Crippen LogP contribution in [-0.4, -0.2) is 16.8 Å². The Kier molecular flexibility index (Phi) is 11.1. The molecule has 0 atom stereocenters. The van der Waals surface area contributed by atoms with Crippen molar-refractivity contribution >= 4 is 0 Å². The monoisotopic (exact) mass is 454 g/mol.